The Morgan fingerprint density at radius 1 is 1.22 bits per heavy atom. The van der Waals surface area contributed by atoms with Gasteiger partial charge in [0, 0.05) is 18.0 Å². The molecule has 0 spiro atoms. The van der Waals surface area contributed by atoms with Gasteiger partial charge in [-0.3, -0.25) is 9.36 Å². The first kappa shape index (κ1) is 25.2. The Labute approximate surface area is 218 Å². The standard InChI is InChI=1S/C25H28ClFN8O2/c26-18-8-13(11-28)9-19(27)21(18)33-25-32-20-12-30-24(31-15-2-1-3-17(36)10-15)34-23(20)35(25)16-6-4-14(5-7-16)22(29)37/h8-9,12,14-17,36H,1-7,10H2,(H2,29,37)(H,32,33)(H,30,31,34)/t14-,15?,16+,17-/m1/s1. The molecule has 2 aliphatic rings. The van der Waals surface area contributed by atoms with Crippen LogP contribution in [0.4, 0.5) is 22.0 Å². The molecule has 0 saturated heterocycles. The number of carbonyl (C=O) groups excluding carboxylic acids is 1. The normalized spacial score (nSPS) is 23.9. The minimum atomic E-state index is -0.676. The van der Waals surface area contributed by atoms with Crippen LogP contribution < -0.4 is 16.4 Å². The average Bonchev–Trinajstić information content (AvgIpc) is 3.23. The fraction of sp³-hybridized carbons (Fsp3) is 0.480. The van der Waals surface area contributed by atoms with Gasteiger partial charge >= 0.3 is 0 Å². The fourth-order valence-corrected chi connectivity index (χ4v) is 5.61. The van der Waals surface area contributed by atoms with Crippen molar-refractivity contribution in [3.05, 3.63) is 34.7 Å². The van der Waals surface area contributed by atoms with Gasteiger partial charge in [-0.15, -0.1) is 0 Å². The van der Waals surface area contributed by atoms with Crippen molar-refractivity contribution in [3.8, 4) is 6.07 Å². The smallest absolute Gasteiger partial charge is 0.224 e. The Balaban J connectivity index is 1.52. The van der Waals surface area contributed by atoms with Crippen molar-refractivity contribution in [1.29, 1.82) is 5.26 Å². The van der Waals surface area contributed by atoms with E-state index in [1.165, 1.54) is 6.07 Å². The lowest BCUT2D eigenvalue weighted by Crippen LogP contribution is -2.30. The summed E-state index contributed by atoms with van der Waals surface area (Å²) in [7, 11) is 0. The topological polar surface area (TPSA) is 155 Å². The number of aliphatic hydroxyl groups is 1. The monoisotopic (exact) mass is 526 g/mol. The number of rotatable bonds is 6. The number of aromatic nitrogens is 4. The van der Waals surface area contributed by atoms with E-state index in [-0.39, 0.29) is 46.3 Å². The van der Waals surface area contributed by atoms with Gasteiger partial charge in [0.25, 0.3) is 0 Å². The molecule has 1 aromatic carbocycles. The number of carbonyl (C=O) groups is 1. The number of nitrogens with two attached hydrogens (primary N) is 1. The van der Waals surface area contributed by atoms with E-state index < -0.39 is 5.82 Å². The highest BCUT2D eigenvalue weighted by molar-refractivity contribution is 6.33. The second-order valence-corrected chi connectivity index (χ2v) is 10.2. The summed E-state index contributed by atoms with van der Waals surface area (Å²) in [4.78, 5) is 25.5. The second-order valence-electron chi connectivity index (χ2n) is 9.83. The molecule has 2 aliphatic carbocycles. The van der Waals surface area contributed by atoms with Crippen molar-refractivity contribution < 1.29 is 14.3 Å². The SMILES string of the molecule is N#Cc1cc(F)c(Nc2nc3cnc(NC4CCC[C@@H](O)C4)nc3n2[C@H]2CC[C@@H](C(N)=O)CC2)c(Cl)c1. The van der Waals surface area contributed by atoms with Gasteiger partial charge in [0.15, 0.2) is 5.65 Å². The van der Waals surface area contributed by atoms with Gasteiger partial charge in [0.2, 0.25) is 17.8 Å². The van der Waals surface area contributed by atoms with Crippen LogP contribution in [0.25, 0.3) is 11.2 Å². The number of halogens is 2. The van der Waals surface area contributed by atoms with E-state index in [0.717, 1.165) is 25.3 Å². The van der Waals surface area contributed by atoms with E-state index in [1.807, 2.05) is 10.6 Å². The number of nitrogens with zero attached hydrogens (tertiary/aromatic N) is 5. The summed E-state index contributed by atoms with van der Waals surface area (Å²) >= 11 is 6.30. The number of aliphatic hydroxyl groups excluding tert-OH is 1. The number of fused-ring (bicyclic) bond motifs is 1. The van der Waals surface area contributed by atoms with Gasteiger partial charge in [-0.2, -0.15) is 10.2 Å². The van der Waals surface area contributed by atoms with Crippen molar-refractivity contribution in [2.75, 3.05) is 10.6 Å². The predicted molar refractivity (Wildman–Crippen MR) is 137 cm³/mol. The Bertz CT molecular complexity index is 1340. The molecule has 5 N–H and O–H groups in total. The van der Waals surface area contributed by atoms with Crippen molar-refractivity contribution in [3.63, 3.8) is 0 Å². The van der Waals surface area contributed by atoms with E-state index in [2.05, 4.69) is 20.6 Å². The van der Waals surface area contributed by atoms with E-state index in [0.29, 0.717) is 55.2 Å². The Morgan fingerprint density at radius 3 is 2.68 bits per heavy atom. The first-order chi connectivity index (χ1) is 17.8. The van der Waals surface area contributed by atoms with Gasteiger partial charge in [-0.1, -0.05) is 11.6 Å². The van der Waals surface area contributed by atoms with Crippen LogP contribution in [0.2, 0.25) is 5.02 Å². The molecule has 1 unspecified atom stereocenters. The predicted octanol–water partition coefficient (Wildman–Crippen LogP) is 4.17. The average molecular weight is 527 g/mol. The van der Waals surface area contributed by atoms with Crippen LogP contribution in [0.1, 0.15) is 63.0 Å². The highest BCUT2D eigenvalue weighted by Crippen LogP contribution is 2.38. The molecule has 12 heteroatoms. The van der Waals surface area contributed by atoms with Crippen molar-refractivity contribution in [2.24, 2.45) is 11.7 Å². The summed E-state index contributed by atoms with van der Waals surface area (Å²) in [5.74, 6) is -0.403. The van der Waals surface area contributed by atoms with Crippen LogP contribution in [0.15, 0.2) is 18.3 Å². The molecule has 0 radical (unpaired) electrons. The number of hydrogen-bond acceptors (Lipinski definition) is 8. The molecule has 10 nitrogen and oxygen atoms in total. The maximum atomic E-state index is 14.9. The lowest BCUT2D eigenvalue weighted by molar-refractivity contribution is -0.122. The van der Waals surface area contributed by atoms with Gasteiger partial charge in [-0.05, 0) is 63.5 Å². The summed E-state index contributed by atoms with van der Waals surface area (Å²) in [6.07, 6.45) is 7.11. The quantitative estimate of drug-likeness (QED) is 0.373. The molecular formula is C25H28ClFN8O2. The van der Waals surface area contributed by atoms with Crippen LogP contribution >= 0.6 is 11.6 Å². The minimum absolute atomic E-state index is 0.00513. The number of primary amides is 1. The van der Waals surface area contributed by atoms with E-state index in [1.54, 1.807) is 6.20 Å². The number of nitriles is 1. The van der Waals surface area contributed by atoms with Crippen LogP contribution in [0.5, 0.6) is 0 Å². The van der Waals surface area contributed by atoms with Gasteiger partial charge < -0.3 is 21.5 Å². The molecule has 1 amide bonds. The van der Waals surface area contributed by atoms with Crippen molar-refractivity contribution in [2.45, 2.75) is 69.6 Å². The fourth-order valence-electron chi connectivity index (χ4n) is 5.36. The van der Waals surface area contributed by atoms with Crippen molar-refractivity contribution in [1.82, 2.24) is 19.5 Å². The molecule has 0 bridgehead atoms. The highest BCUT2D eigenvalue weighted by Gasteiger charge is 2.30. The number of anilines is 3. The summed E-state index contributed by atoms with van der Waals surface area (Å²) < 4.78 is 16.8. The summed E-state index contributed by atoms with van der Waals surface area (Å²) in [5.41, 5.74) is 6.72. The molecule has 5 rings (SSSR count). The summed E-state index contributed by atoms with van der Waals surface area (Å²) in [6, 6.07) is 4.38. The third-order valence-corrected chi connectivity index (χ3v) is 7.58. The third kappa shape index (κ3) is 5.31. The van der Waals surface area contributed by atoms with Gasteiger partial charge in [-0.25, -0.2) is 14.4 Å². The maximum absolute atomic E-state index is 14.9. The first-order valence-electron chi connectivity index (χ1n) is 12.5. The Hall–Kier alpha value is -3.49. The molecule has 194 valence electrons. The zero-order chi connectivity index (χ0) is 26.1. The largest absolute Gasteiger partial charge is 0.393 e. The molecule has 2 fully saturated rings. The number of nitrogens with one attached hydrogen (secondary N) is 2. The Morgan fingerprint density at radius 2 is 2.00 bits per heavy atom. The third-order valence-electron chi connectivity index (χ3n) is 7.28. The molecule has 3 aromatic rings. The number of hydrogen-bond donors (Lipinski definition) is 4. The molecule has 2 atom stereocenters. The van der Waals surface area contributed by atoms with Crippen LogP contribution in [-0.4, -0.2) is 42.7 Å². The zero-order valence-electron chi connectivity index (χ0n) is 20.1. The van der Waals surface area contributed by atoms with Crippen LogP contribution in [0.3, 0.4) is 0 Å². The molecule has 2 saturated carbocycles. The highest BCUT2D eigenvalue weighted by atomic mass is 35.5. The molecule has 2 heterocycles. The molecule has 2 aromatic heterocycles. The number of benzene rings is 1. The molecule has 37 heavy (non-hydrogen) atoms. The zero-order valence-corrected chi connectivity index (χ0v) is 20.9. The van der Waals surface area contributed by atoms with Crippen LogP contribution in [-0.2, 0) is 4.79 Å². The maximum Gasteiger partial charge on any atom is 0.224 e. The number of amides is 1. The van der Waals surface area contributed by atoms with Crippen molar-refractivity contribution >= 4 is 46.3 Å². The van der Waals surface area contributed by atoms with E-state index in [4.69, 9.17) is 27.6 Å². The lowest BCUT2D eigenvalue weighted by atomic mass is 9.85. The molecular weight excluding hydrogens is 499 g/mol. The lowest BCUT2D eigenvalue weighted by Gasteiger charge is -2.29. The molecule has 0 aliphatic heterocycles. The summed E-state index contributed by atoms with van der Waals surface area (Å²) in [5, 5.41) is 25.5. The van der Waals surface area contributed by atoms with Gasteiger partial charge in [0.05, 0.1) is 34.6 Å². The van der Waals surface area contributed by atoms with E-state index in [9.17, 15) is 14.3 Å². The van der Waals surface area contributed by atoms with Crippen LogP contribution in [0, 0.1) is 23.1 Å². The Kier molecular flexibility index (Phi) is 7.13. The summed E-state index contributed by atoms with van der Waals surface area (Å²) in [6.45, 7) is 0. The van der Waals surface area contributed by atoms with Gasteiger partial charge in [0.1, 0.15) is 11.3 Å². The number of imidazole rings is 1. The first-order valence-corrected chi connectivity index (χ1v) is 12.8. The second kappa shape index (κ2) is 10.5. The minimum Gasteiger partial charge on any atom is -0.393 e. The van der Waals surface area contributed by atoms with E-state index >= 15 is 0 Å².